The first-order valence-corrected chi connectivity index (χ1v) is 8.63. The van der Waals surface area contributed by atoms with Crippen molar-refractivity contribution < 1.29 is 17.9 Å². The van der Waals surface area contributed by atoms with Gasteiger partial charge in [-0.15, -0.1) is 0 Å². The zero-order valence-electron chi connectivity index (χ0n) is 11.7. The summed E-state index contributed by atoms with van der Waals surface area (Å²) in [5.41, 5.74) is 1.14. The predicted molar refractivity (Wildman–Crippen MR) is 78.9 cm³/mol. The zero-order valence-corrected chi connectivity index (χ0v) is 12.5. The van der Waals surface area contributed by atoms with Crippen LogP contribution in [0.4, 0.5) is 4.39 Å². The second kappa shape index (κ2) is 7.03. The van der Waals surface area contributed by atoms with Gasteiger partial charge in [-0.3, -0.25) is 4.90 Å². The summed E-state index contributed by atoms with van der Waals surface area (Å²) < 4.78 is 36.7. The van der Waals surface area contributed by atoms with Crippen molar-refractivity contribution in [2.75, 3.05) is 31.2 Å². The highest BCUT2D eigenvalue weighted by molar-refractivity contribution is 7.91. The summed E-state index contributed by atoms with van der Waals surface area (Å²) in [7, 11) is -2.92. The minimum atomic E-state index is -2.92. The SMILES string of the molecule is O=S1(=O)CCCN(Cc2ccc(F)c(C#CCO)c2)CC1. The van der Waals surface area contributed by atoms with E-state index in [4.69, 9.17) is 5.11 Å². The van der Waals surface area contributed by atoms with Crippen LogP contribution in [-0.2, 0) is 16.4 Å². The van der Waals surface area contributed by atoms with Crippen molar-refractivity contribution in [3.8, 4) is 11.8 Å². The molecular formula is C15H18FNO3S. The Bertz CT molecular complexity index is 661. The lowest BCUT2D eigenvalue weighted by atomic mass is 10.1. The van der Waals surface area contributed by atoms with Gasteiger partial charge in [-0.05, 0) is 30.7 Å². The number of hydrogen-bond donors (Lipinski definition) is 1. The van der Waals surface area contributed by atoms with Gasteiger partial charge in [0, 0.05) is 13.1 Å². The minimum absolute atomic E-state index is 0.172. The molecule has 0 amide bonds. The normalized spacial score (nSPS) is 18.6. The van der Waals surface area contributed by atoms with Crippen LogP contribution in [0, 0.1) is 17.7 Å². The monoisotopic (exact) mass is 311 g/mol. The zero-order chi connectivity index (χ0) is 15.3. The topological polar surface area (TPSA) is 57.6 Å². The lowest BCUT2D eigenvalue weighted by molar-refractivity contribution is 0.287. The third-order valence-corrected chi connectivity index (χ3v) is 5.10. The summed E-state index contributed by atoms with van der Waals surface area (Å²) >= 11 is 0. The molecule has 0 bridgehead atoms. The van der Waals surface area contributed by atoms with Crippen LogP contribution in [0.3, 0.4) is 0 Å². The molecule has 0 unspecified atom stereocenters. The lowest BCUT2D eigenvalue weighted by Crippen LogP contribution is -2.26. The summed E-state index contributed by atoms with van der Waals surface area (Å²) in [5.74, 6) is 5.00. The van der Waals surface area contributed by atoms with Crippen LogP contribution < -0.4 is 0 Å². The molecule has 1 aliphatic rings. The van der Waals surface area contributed by atoms with E-state index in [9.17, 15) is 12.8 Å². The van der Waals surface area contributed by atoms with Crippen molar-refractivity contribution in [2.24, 2.45) is 0 Å². The molecule has 1 fully saturated rings. The average molecular weight is 311 g/mol. The van der Waals surface area contributed by atoms with Crippen molar-refractivity contribution in [3.05, 3.63) is 35.1 Å². The van der Waals surface area contributed by atoms with Gasteiger partial charge < -0.3 is 5.11 Å². The van der Waals surface area contributed by atoms with Crippen molar-refractivity contribution >= 4 is 9.84 Å². The van der Waals surface area contributed by atoms with Crippen LogP contribution in [0.5, 0.6) is 0 Å². The second-order valence-electron chi connectivity index (χ2n) is 5.06. The third-order valence-electron chi connectivity index (χ3n) is 3.39. The summed E-state index contributed by atoms with van der Waals surface area (Å²) in [5, 5.41) is 8.67. The average Bonchev–Trinajstić information content (AvgIpc) is 2.61. The Morgan fingerprint density at radius 3 is 2.86 bits per heavy atom. The van der Waals surface area contributed by atoms with Gasteiger partial charge in [-0.2, -0.15) is 0 Å². The lowest BCUT2D eigenvalue weighted by Gasteiger charge is -2.19. The quantitative estimate of drug-likeness (QED) is 0.821. The Morgan fingerprint density at radius 2 is 2.10 bits per heavy atom. The van der Waals surface area contributed by atoms with E-state index in [0.717, 1.165) is 5.56 Å². The first kappa shape index (κ1) is 16.0. The maximum absolute atomic E-state index is 13.6. The molecule has 6 heteroatoms. The highest BCUT2D eigenvalue weighted by Gasteiger charge is 2.19. The number of nitrogens with zero attached hydrogens (tertiary/aromatic N) is 1. The van der Waals surface area contributed by atoms with Gasteiger partial charge in [-0.1, -0.05) is 17.9 Å². The van der Waals surface area contributed by atoms with E-state index < -0.39 is 15.7 Å². The predicted octanol–water partition coefficient (Wildman–Crippen LogP) is 0.790. The molecule has 114 valence electrons. The first-order chi connectivity index (χ1) is 10.00. The molecular weight excluding hydrogens is 293 g/mol. The van der Waals surface area contributed by atoms with Crippen molar-refractivity contribution in [1.82, 2.24) is 4.90 Å². The number of hydrogen-bond acceptors (Lipinski definition) is 4. The van der Waals surface area contributed by atoms with E-state index in [1.807, 2.05) is 0 Å². The van der Waals surface area contributed by atoms with E-state index in [-0.39, 0.29) is 23.7 Å². The van der Waals surface area contributed by atoms with Gasteiger partial charge in [0.25, 0.3) is 0 Å². The van der Waals surface area contributed by atoms with Gasteiger partial charge >= 0.3 is 0 Å². The van der Waals surface area contributed by atoms with Gasteiger partial charge in [0.05, 0.1) is 17.1 Å². The molecule has 1 aromatic carbocycles. The van der Waals surface area contributed by atoms with E-state index >= 15 is 0 Å². The Kier molecular flexibility index (Phi) is 5.34. The molecule has 1 heterocycles. The molecule has 21 heavy (non-hydrogen) atoms. The summed E-state index contributed by atoms with van der Waals surface area (Å²) in [6.45, 7) is 1.48. The third kappa shape index (κ3) is 4.81. The Hall–Kier alpha value is -1.42. The second-order valence-corrected chi connectivity index (χ2v) is 7.36. The van der Waals surface area contributed by atoms with E-state index in [1.54, 1.807) is 12.1 Å². The molecule has 4 nitrogen and oxygen atoms in total. The molecule has 0 atom stereocenters. The Morgan fingerprint density at radius 1 is 1.29 bits per heavy atom. The molecule has 0 aliphatic carbocycles. The maximum Gasteiger partial charge on any atom is 0.151 e. The molecule has 1 aliphatic heterocycles. The standard InChI is InChI=1S/C15H18FNO3S/c16-15-5-4-13(11-14(15)3-1-8-18)12-17-6-2-9-21(19,20)10-7-17/h4-5,11,18H,2,6-10,12H2. The van der Waals surface area contributed by atoms with Gasteiger partial charge in [0.15, 0.2) is 9.84 Å². The molecule has 1 saturated heterocycles. The molecule has 0 saturated carbocycles. The van der Waals surface area contributed by atoms with Crippen LogP contribution >= 0.6 is 0 Å². The van der Waals surface area contributed by atoms with Crippen LogP contribution in [-0.4, -0.2) is 49.6 Å². The summed E-state index contributed by atoms with van der Waals surface area (Å²) in [6.07, 6.45) is 0.626. The minimum Gasteiger partial charge on any atom is -0.384 e. The number of aliphatic hydroxyl groups excluding tert-OH is 1. The smallest absolute Gasteiger partial charge is 0.151 e. The number of benzene rings is 1. The number of halogens is 1. The van der Waals surface area contributed by atoms with E-state index in [2.05, 4.69) is 16.7 Å². The molecule has 0 radical (unpaired) electrons. The molecule has 1 aromatic rings. The Labute approximate surface area is 124 Å². The molecule has 0 aromatic heterocycles. The molecule has 0 spiro atoms. The molecule has 1 N–H and O–H groups in total. The highest BCUT2D eigenvalue weighted by atomic mass is 32.2. The van der Waals surface area contributed by atoms with Gasteiger partial charge in [0.1, 0.15) is 12.4 Å². The highest BCUT2D eigenvalue weighted by Crippen LogP contribution is 2.14. The number of sulfone groups is 1. The summed E-state index contributed by atoms with van der Waals surface area (Å²) in [6, 6.07) is 4.68. The maximum atomic E-state index is 13.6. The number of rotatable bonds is 2. The fourth-order valence-corrected chi connectivity index (χ4v) is 3.62. The van der Waals surface area contributed by atoms with Crippen molar-refractivity contribution in [2.45, 2.75) is 13.0 Å². The van der Waals surface area contributed by atoms with Crippen molar-refractivity contribution in [1.29, 1.82) is 0 Å². The van der Waals surface area contributed by atoms with E-state index in [0.29, 0.717) is 26.1 Å². The Balaban J connectivity index is 2.09. The van der Waals surface area contributed by atoms with Crippen LogP contribution in [0.2, 0.25) is 0 Å². The van der Waals surface area contributed by atoms with Gasteiger partial charge in [0.2, 0.25) is 0 Å². The van der Waals surface area contributed by atoms with Crippen LogP contribution in [0.25, 0.3) is 0 Å². The van der Waals surface area contributed by atoms with Gasteiger partial charge in [-0.25, -0.2) is 12.8 Å². The van der Waals surface area contributed by atoms with Crippen LogP contribution in [0.1, 0.15) is 17.5 Å². The van der Waals surface area contributed by atoms with E-state index in [1.165, 1.54) is 6.07 Å². The first-order valence-electron chi connectivity index (χ1n) is 6.81. The molecule has 2 rings (SSSR count). The summed E-state index contributed by atoms with van der Waals surface area (Å²) in [4.78, 5) is 2.06. The van der Waals surface area contributed by atoms with Crippen molar-refractivity contribution in [3.63, 3.8) is 0 Å². The largest absolute Gasteiger partial charge is 0.384 e. The fraction of sp³-hybridized carbons (Fsp3) is 0.467. The fourth-order valence-electron chi connectivity index (χ4n) is 2.31. The number of aliphatic hydroxyl groups is 1. The van der Waals surface area contributed by atoms with Crippen LogP contribution in [0.15, 0.2) is 18.2 Å².